The molecule has 0 aliphatic rings. The summed E-state index contributed by atoms with van der Waals surface area (Å²) >= 11 is 0. The maximum absolute atomic E-state index is 8.56. The summed E-state index contributed by atoms with van der Waals surface area (Å²) in [6.07, 6.45) is 0.618. The minimum absolute atomic E-state index is 0.131. The topological polar surface area (TPSA) is 64.7 Å². The number of nitrogen functional groups attached to an aromatic ring is 1. The highest BCUT2D eigenvalue weighted by molar-refractivity contribution is 5.55. The van der Waals surface area contributed by atoms with E-state index in [2.05, 4.69) is 0 Å². The second kappa shape index (κ2) is 5.34. The van der Waals surface area contributed by atoms with Gasteiger partial charge in [0.15, 0.2) is 0 Å². The van der Waals surface area contributed by atoms with E-state index in [4.69, 9.17) is 20.3 Å². The molecule has 3 N–H and O–H groups in total. The predicted molar refractivity (Wildman–Crippen MR) is 54.6 cm³/mol. The normalized spacial score (nSPS) is 9.86. The van der Waals surface area contributed by atoms with Crippen LogP contribution in [0.15, 0.2) is 18.2 Å². The zero-order chi connectivity index (χ0) is 10.4. The van der Waals surface area contributed by atoms with Gasteiger partial charge >= 0.3 is 0 Å². The van der Waals surface area contributed by atoms with Crippen LogP contribution in [0.25, 0.3) is 0 Å². The maximum Gasteiger partial charge on any atom is 0.145 e. The van der Waals surface area contributed by atoms with Crippen molar-refractivity contribution in [3.8, 4) is 11.5 Å². The zero-order valence-electron chi connectivity index (χ0n) is 8.19. The molecule has 1 aromatic carbocycles. The summed E-state index contributed by atoms with van der Waals surface area (Å²) in [4.78, 5) is 0. The van der Waals surface area contributed by atoms with Crippen LogP contribution in [-0.4, -0.2) is 25.4 Å². The van der Waals surface area contributed by atoms with Crippen LogP contribution in [0.5, 0.6) is 11.5 Å². The molecule has 1 aromatic rings. The first-order chi connectivity index (χ1) is 6.77. The number of hydrogen-bond donors (Lipinski definition) is 2. The van der Waals surface area contributed by atoms with Gasteiger partial charge in [-0.15, -0.1) is 0 Å². The highest BCUT2D eigenvalue weighted by Crippen LogP contribution is 2.26. The number of hydrogen-bond acceptors (Lipinski definition) is 4. The van der Waals surface area contributed by atoms with Gasteiger partial charge in [0.25, 0.3) is 0 Å². The maximum atomic E-state index is 8.56. The second-order valence-electron chi connectivity index (χ2n) is 2.83. The molecule has 14 heavy (non-hydrogen) atoms. The largest absolute Gasteiger partial charge is 0.494 e. The van der Waals surface area contributed by atoms with E-state index in [1.54, 1.807) is 25.3 Å². The molecule has 0 heterocycles. The van der Waals surface area contributed by atoms with Crippen molar-refractivity contribution in [1.82, 2.24) is 0 Å². The van der Waals surface area contributed by atoms with Crippen LogP contribution in [0.3, 0.4) is 0 Å². The summed E-state index contributed by atoms with van der Waals surface area (Å²) in [6.45, 7) is 0.621. The molecule has 4 nitrogen and oxygen atoms in total. The summed E-state index contributed by atoms with van der Waals surface area (Å²) in [5.74, 6) is 1.30. The molecule has 0 saturated heterocycles. The van der Waals surface area contributed by atoms with Crippen molar-refractivity contribution in [2.45, 2.75) is 6.42 Å². The molecule has 4 heteroatoms. The fourth-order valence-corrected chi connectivity index (χ4v) is 1.04. The third-order valence-electron chi connectivity index (χ3n) is 1.78. The van der Waals surface area contributed by atoms with E-state index in [1.807, 2.05) is 0 Å². The van der Waals surface area contributed by atoms with Crippen molar-refractivity contribution >= 4 is 5.69 Å². The number of nitrogens with two attached hydrogens (primary N) is 1. The molecule has 0 bridgehead atoms. The molecular weight excluding hydrogens is 182 g/mol. The van der Waals surface area contributed by atoms with Gasteiger partial charge in [0.05, 0.1) is 19.4 Å². The number of rotatable bonds is 5. The Balaban J connectivity index is 2.60. The Bertz CT molecular complexity index is 289. The van der Waals surface area contributed by atoms with E-state index in [0.717, 1.165) is 0 Å². The summed E-state index contributed by atoms with van der Waals surface area (Å²) in [5, 5.41) is 8.56. The quantitative estimate of drug-likeness (QED) is 0.546. The average molecular weight is 197 g/mol. The Morgan fingerprint density at radius 2 is 2.21 bits per heavy atom. The van der Waals surface area contributed by atoms with Gasteiger partial charge in [-0.25, -0.2) is 0 Å². The SMILES string of the molecule is COc1cc(OCCCO)ccc1N. The lowest BCUT2D eigenvalue weighted by Crippen LogP contribution is -2.00. The molecular formula is C10H15NO3. The molecule has 1 rings (SSSR count). The number of anilines is 1. The van der Waals surface area contributed by atoms with Crippen LogP contribution >= 0.6 is 0 Å². The minimum atomic E-state index is 0.131. The molecule has 0 radical (unpaired) electrons. The van der Waals surface area contributed by atoms with E-state index >= 15 is 0 Å². The number of benzene rings is 1. The van der Waals surface area contributed by atoms with Crippen molar-refractivity contribution in [2.75, 3.05) is 26.1 Å². The first-order valence-corrected chi connectivity index (χ1v) is 4.45. The highest BCUT2D eigenvalue weighted by Gasteiger charge is 2.01. The number of methoxy groups -OCH3 is 1. The zero-order valence-corrected chi connectivity index (χ0v) is 8.19. The lowest BCUT2D eigenvalue weighted by molar-refractivity contribution is 0.233. The number of aliphatic hydroxyl groups excluding tert-OH is 1. The summed E-state index contributed by atoms with van der Waals surface area (Å²) in [6, 6.07) is 5.23. The summed E-state index contributed by atoms with van der Waals surface area (Å²) in [5.41, 5.74) is 6.22. The first kappa shape index (κ1) is 10.7. The van der Waals surface area contributed by atoms with Gasteiger partial charge in [-0.1, -0.05) is 0 Å². The molecule has 0 aliphatic heterocycles. The monoisotopic (exact) mass is 197 g/mol. The van der Waals surface area contributed by atoms with Crippen LogP contribution in [0.1, 0.15) is 6.42 Å². The van der Waals surface area contributed by atoms with Crippen LogP contribution in [-0.2, 0) is 0 Å². The molecule has 0 spiro atoms. The van der Waals surface area contributed by atoms with Crippen molar-refractivity contribution in [2.24, 2.45) is 0 Å². The lowest BCUT2D eigenvalue weighted by atomic mass is 10.3. The van der Waals surface area contributed by atoms with Gasteiger partial charge in [0.2, 0.25) is 0 Å². The van der Waals surface area contributed by atoms with E-state index in [-0.39, 0.29) is 6.61 Å². The Labute approximate surface area is 83.3 Å². The Morgan fingerprint density at radius 1 is 1.43 bits per heavy atom. The molecule has 0 aromatic heterocycles. The van der Waals surface area contributed by atoms with E-state index in [9.17, 15) is 0 Å². The second-order valence-corrected chi connectivity index (χ2v) is 2.83. The molecule has 78 valence electrons. The van der Waals surface area contributed by atoms with E-state index < -0.39 is 0 Å². The smallest absolute Gasteiger partial charge is 0.145 e. The van der Waals surface area contributed by atoms with Gasteiger partial charge in [-0.05, 0) is 12.1 Å². The van der Waals surface area contributed by atoms with E-state index in [0.29, 0.717) is 30.2 Å². The predicted octanol–water partition coefficient (Wildman–Crippen LogP) is 1.04. The van der Waals surface area contributed by atoms with Crippen molar-refractivity contribution in [1.29, 1.82) is 0 Å². The minimum Gasteiger partial charge on any atom is -0.494 e. The third kappa shape index (κ3) is 2.81. The fourth-order valence-electron chi connectivity index (χ4n) is 1.04. The molecule has 0 atom stereocenters. The number of ether oxygens (including phenoxy) is 2. The lowest BCUT2D eigenvalue weighted by Gasteiger charge is -2.08. The van der Waals surface area contributed by atoms with Crippen LogP contribution < -0.4 is 15.2 Å². The molecule has 0 fully saturated rings. The Kier molecular flexibility index (Phi) is 4.07. The van der Waals surface area contributed by atoms with Gasteiger partial charge in [-0.2, -0.15) is 0 Å². The molecule has 0 amide bonds. The van der Waals surface area contributed by atoms with Gasteiger partial charge in [0, 0.05) is 19.1 Å². The fraction of sp³-hybridized carbons (Fsp3) is 0.400. The summed E-state index contributed by atoms with van der Waals surface area (Å²) in [7, 11) is 1.56. The van der Waals surface area contributed by atoms with Crippen LogP contribution in [0.2, 0.25) is 0 Å². The average Bonchev–Trinajstić information content (AvgIpc) is 2.21. The highest BCUT2D eigenvalue weighted by atomic mass is 16.5. The van der Waals surface area contributed by atoms with Gasteiger partial charge in [0.1, 0.15) is 11.5 Å². The molecule has 0 unspecified atom stereocenters. The van der Waals surface area contributed by atoms with Gasteiger partial charge < -0.3 is 20.3 Å². The van der Waals surface area contributed by atoms with E-state index in [1.165, 1.54) is 0 Å². The third-order valence-corrected chi connectivity index (χ3v) is 1.78. The van der Waals surface area contributed by atoms with Crippen LogP contribution in [0, 0.1) is 0 Å². The standard InChI is InChI=1S/C10H15NO3/c1-13-10-7-8(3-4-9(10)11)14-6-2-5-12/h3-4,7,12H,2,5-6,11H2,1H3. The Morgan fingerprint density at radius 3 is 2.86 bits per heavy atom. The molecule has 0 aliphatic carbocycles. The first-order valence-electron chi connectivity index (χ1n) is 4.45. The number of aliphatic hydroxyl groups is 1. The van der Waals surface area contributed by atoms with Gasteiger partial charge in [-0.3, -0.25) is 0 Å². The Hall–Kier alpha value is -1.42. The van der Waals surface area contributed by atoms with Crippen molar-refractivity contribution < 1.29 is 14.6 Å². The van der Waals surface area contributed by atoms with Crippen molar-refractivity contribution in [3.05, 3.63) is 18.2 Å². The van der Waals surface area contributed by atoms with Crippen molar-refractivity contribution in [3.63, 3.8) is 0 Å². The summed E-state index contributed by atoms with van der Waals surface area (Å²) < 4.78 is 10.4. The molecule has 0 saturated carbocycles. The van der Waals surface area contributed by atoms with Crippen LogP contribution in [0.4, 0.5) is 5.69 Å².